The highest BCUT2D eigenvalue weighted by atomic mass is 16.5. The minimum atomic E-state index is 0.0482. The highest BCUT2D eigenvalue weighted by molar-refractivity contribution is 5.76. The first kappa shape index (κ1) is 13.2. The number of aromatic nitrogens is 1. The number of para-hydroxylation sites is 1. The first-order valence-corrected chi connectivity index (χ1v) is 6.30. The van der Waals surface area contributed by atoms with E-state index in [-0.39, 0.29) is 5.91 Å². The van der Waals surface area contributed by atoms with Crippen molar-refractivity contribution in [3.8, 4) is 5.75 Å². The molecule has 2 N–H and O–H groups in total. The third-order valence-corrected chi connectivity index (χ3v) is 2.97. The summed E-state index contributed by atoms with van der Waals surface area (Å²) in [6.07, 6.45) is 4.87. The van der Waals surface area contributed by atoms with Crippen LogP contribution >= 0.6 is 0 Å². The van der Waals surface area contributed by atoms with Crippen molar-refractivity contribution in [1.82, 2.24) is 10.3 Å². The molecule has 100 valence electrons. The lowest BCUT2D eigenvalue weighted by Crippen LogP contribution is -2.22. The van der Waals surface area contributed by atoms with Gasteiger partial charge in [0.15, 0.2) is 0 Å². The Morgan fingerprint density at radius 1 is 1.32 bits per heavy atom. The van der Waals surface area contributed by atoms with Crippen molar-refractivity contribution in [3.63, 3.8) is 0 Å². The number of nitrogens with one attached hydrogen (secondary N) is 2. The summed E-state index contributed by atoms with van der Waals surface area (Å²) in [6.45, 7) is 0.564. The number of methoxy groups -OCH3 is 1. The fourth-order valence-corrected chi connectivity index (χ4v) is 1.92. The van der Waals surface area contributed by atoms with Crippen molar-refractivity contribution in [2.75, 3.05) is 7.11 Å². The van der Waals surface area contributed by atoms with Crippen LogP contribution in [0.1, 0.15) is 17.5 Å². The molecule has 1 aromatic heterocycles. The van der Waals surface area contributed by atoms with E-state index in [2.05, 4.69) is 10.3 Å². The zero-order valence-electron chi connectivity index (χ0n) is 11.0. The van der Waals surface area contributed by atoms with Gasteiger partial charge in [-0.2, -0.15) is 0 Å². The second-order valence-electron chi connectivity index (χ2n) is 4.31. The highest BCUT2D eigenvalue weighted by Crippen LogP contribution is 2.18. The van der Waals surface area contributed by atoms with Crippen LogP contribution in [-0.4, -0.2) is 18.0 Å². The van der Waals surface area contributed by atoms with Gasteiger partial charge >= 0.3 is 0 Å². The minimum absolute atomic E-state index is 0.0482. The molecule has 0 aliphatic rings. The van der Waals surface area contributed by atoms with Gasteiger partial charge in [-0.25, -0.2) is 0 Å². The molecule has 1 heterocycles. The summed E-state index contributed by atoms with van der Waals surface area (Å²) in [7, 11) is 1.64. The van der Waals surface area contributed by atoms with Gasteiger partial charge in [-0.05, 0) is 29.7 Å². The average molecular weight is 258 g/mol. The number of ether oxygens (including phenoxy) is 1. The molecule has 1 aromatic carbocycles. The number of hydrogen-bond acceptors (Lipinski definition) is 2. The number of carbonyl (C=O) groups is 1. The zero-order valence-corrected chi connectivity index (χ0v) is 11.0. The zero-order chi connectivity index (χ0) is 13.5. The summed E-state index contributed by atoms with van der Waals surface area (Å²) >= 11 is 0. The third kappa shape index (κ3) is 3.88. The Bertz CT molecular complexity index is 521. The van der Waals surface area contributed by atoms with Crippen molar-refractivity contribution in [1.29, 1.82) is 0 Å². The van der Waals surface area contributed by atoms with Crippen LogP contribution in [-0.2, 0) is 17.8 Å². The van der Waals surface area contributed by atoms with E-state index in [4.69, 9.17) is 4.74 Å². The van der Waals surface area contributed by atoms with E-state index in [0.29, 0.717) is 19.4 Å². The number of carbonyl (C=O) groups excluding carboxylic acids is 1. The molecule has 1 amide bonds. The molecule has 4 nitrogen and oxygen atoms in total. The molecule has 0 aliphatic carbocycles. The Hall–Kier alpha value is -2.23. The Morgan fingerprint density at radius 3 is 2.89 bits per heavy atom. The van der Waals surface area contributed by atoms with Gasteiger partial charge in [-0.3, -0.25) is 4.79 Å². The molecule has 0 spiro atoms. The van der Waals surface area contributed by atoms with E-state index in [1.165, 1.54) is 0 Å². The standard InChI is InChI=1S/C15H18N2O2/c1-19-14-5-3-2-4-13(14)6-7-15(18)17-11-12-8-9-16-10-12/h2-5,8-10,16H,6-7,11H2,1H3,(H,17,18). The molecule has 2 aromatic rings. The van der Waals surface area contributed by atoms with Crippen LogP contribution in [0.5, 0.6) is 5.75 Å². The molecule has 4 heteroatoms. The number of H-pyrrole nitrogens is 1. The van der Waals surface area contributed by atoms with E-state index < -0.39 is 0 Å². The lowest BCUT2D eigenvalue weighted by Gasteiger charge is -2.08. The molecule has 19 heavy (non-hydrogen) atoms. The first-order chi connectivity index (χ1) is 9.29. The molecule has 0 radical (unpaired) electrons. The Kier molecular flexibility index (Phi) is 4.61. The van der Waals surface area contributed by atoms with Crippen molar-refractivity contribution in [2.24, 2.45) is 0 Å². The van der Waals surface area contributed by atoms with Crippen LogP contribution in [0.2, 0.25) is 0 Å². The summed E-state index contributed by atoms with van der Waals surface area (Å²) in [5.41, 5.74) is 2.13. The fraction of sp³-hybridized carbons (Fsp3) is 0.267. The van der Waals surface area contributed by atoms with Gasteiger partial charge in [0.25, 0.3) is 0 Å². The Labute approximate surface area is 112 Å². The number of hydrogen-bond donors (Lipinski definition) is 2. The number of aromatic amines is 1. The Balaban J connectivity index is 1.80. The first-order valence-electron chi connectivity index (χ1n) is 6.30. The maximum absolute atomic E-state index is 11.7. The molecule has 0 bridgehead atoms. The van der Waals surface area contributed by atoms with Gasteiger partial charge < -0.3 is 15.0 Å². The summed E-state index contributed by atoms with van der Waals surface area (Å²) in [4.78, 5) is 14.7. The van der Waals surface area contributed by atoms with Gasteiger partial charge in [0, 0.05) is 25.4 Å². The maximum atomic E-state index is 11.7. The van der Waals surface area contributed by atoms with Gasteiger partial charge in [0.05, 0.1) is 7.11 Å². The van der Waals surface area contributed by atoms with Crippen LogP contribution in [0.4, 0.5) is 0 Å². The predicted molar refractivity (Wildman–Crippen MR) is 74.0 cm³/mol. The summed E-state index contributed by atoms with van der Waals surface area (Å²) < 4.78 is 5.26. The number of rotatable bonds is 6. The molecule has 0 unspecified atom stereocenters. The maximum Gasteiger partial charge on any atom is 0.220 e. The topological polar surface area (TPSA) is 54.1 Å². The predicted octanol–water partition coefficient (Wildman–Crippen LogP) is 2.27. The summed E-state index contributed by atoms with van der Waals surface area (Å²) in [5.74, 6) is 0.882. The molecule has 0 saturated carbocycles. The molecular formula is C15H18N2O2. The van der Waals surface area contributed by atoms with Crippen LogP contribution in [0.3, 0.4) is 0 Å². The van der Waals surface area contributed by atoms with Gasteiger partial charge in [0.1, 0.15) is 5.75 Å². The van der Waals surface area contributed by atoms with E-state index in [0.717, 1.165) is 16.9 Å². The normalized spacial score (nSPS) is 10.2. The second-order valence-corrected chi connectivity index (χ2v) is 4.31. The van der Waals surface area contributed by atoms with Crippen LogP contribution < -0.4 is 10.1 Å². The van der Waals surface area contributed by atoms with E-state index in [1.807, 2.05) is 42.7 Å². The third-order valence-electron chi connectivity index (χ3n) is 2.97. The number of amides is 1. The smallest absolute Gasteiger partial charge is 0.220 e. The van der Waals surface area contributed by atoms with Crippen LogP contribution in [0.25, 0.3) is 0 Å². The van der Waals surface area contributed by atoms with Gasteiger partial charge in [-0.15, -0.1) is 0 Å². The summed E-state index contributed by atoms with van der Waals surface area (Å²) in [5, 5.41) is 2.89. The minimum Gasteiger partial charge on any atom is -0.496 e. The lowest BCUT2D eigenvalue weighted by atomic mass is 10.1. The Morgan fingerprint density at radius 2 is 2.16 bits per heavy atom. The molecule has 0 aliphatic heterocycles. The quantitative estimate of drug-likeness (QED) is 0.835. The van der Waals surface area contributed by atoms with E-state index in [1.54, 1.807) is 7.11 Å². The fourth-order valence-electron chi connectivity index (χ4n) is 1.92. The summed E-state index contributed by atoms with van der Waals surface area (Å²) in [6, 6.07) is 9.72. The molecule has 0 atom stereocenters. The van der Waals surface area contributed by atoms with Crippen LogP contribution in [0.15, 0.2) is 42.7 Å². The van der Waals surface area contributed by atoms with Gasteiger partial charge in [0.2, 0.25) is 5.91 Å². The number of aryl methyl sites for hydroxylation is 1. The highest BCUT2D eigenvalue weighted by Gasteiger charge is 2.06. The average Bonchev–Trinajstić information content (AvgIpc) is 2.96. The van der Waals surface area contributed by atoms with Crippen LogP contribution in [0, 0.1) is 0 Å². The van der Waals surface area contributed by atoms with E-state index >= 15 is 0 Å². The van der Waals surface area contributed by atoms with Crippen molar-refractivity contribution in [2.45, 2.75) is 19.4 Å². The monoisotopic (exact) mass is 258 g/mol. The molecule has 0 fully saturated rings. The lowest BCUT2D eigenvalue weighted by molar-refractivity contribution is -0.121. The molecule has 0 saturated heterocycles. The SMILES string of the molecule is COc1ccccc1CCC(=O)NCc1cc[nH]c1. The van der Waals surface area contributed by atoms with Crippen molar-refractivity contribution in [3.05, 3.63) is 53.9 Å². The second kappa shape index (κ2) is 6.64. The number of benzene rings is 1. The van der Waals surface area contributed by atoms with Crippen molar-refractivity contribution >= 4 is 5.91 Å². The van der Waals surface area contributed by atoms with Gasteiger partial charge in [-0.1, -0.05) is 18.2 Å². The van der Waals surface area contributed by atoms with Crippen molar-refractivity contribution < 1.29 is 9.53 Å². The molecule has 2 rings (SSSR count). The molecular weight excluding hydrogens is 240 g/mol. The largest absolute Gasteiger partial charge is 0.496 e. The van der Waals surface area contributed by atoms with E-state index in [9.17, 15) is 4.79 Å².